The molecule has 1 aromatic carbocycles. The van der Waals surface area contributed by atoms with Gasteiger partial charge in [0.25, 0.3) is 5.56 Å². The summed E-state index contributed by atoms with van der Waals surface area (Å²) in [6, 6.07) is 6.61. The fourth-order valence-electron chi connectivity index (χ4n) is 2.77. The highest BCUT2D eigenvalue weighted by Gasteiger charge is 2.19. The van der Waals surface area contributed by atoms with Crippen LogP contribution in [0.5, 0.6) is 0 Å². The number of benzene rings is 1. The normalized spacial score (nSPS) is 11.5. The van der Waals surface area contributed by atoms with Gasteiger partial charge in [-0.3, -0.25) is 14.3 Å². The molecule has 29 heavy (non-hydrogen) atoms. The lowest BCUT2D eigenvalue weighted by molar-refractivity contribution is 0.0528. The summed E-state index contributed by atoms with van der Waals surface area (Å²) in [4.78, 5) is 33.8. The van der Waals surface area contributed by atoms with E-state index in [2.05, 4.69) is 15.3 Å². The molecule has 2 aromatic heterocycles. The molecule has 0 atom stereocenters. The standard InChI is InChI=1S/C20H20Cl2N4O3/c1-20(2,3)29-19(28)24-10-8-15-25-17-14(22)7-6-13(21)16(17)18(27)26(15)12-5-4-9-23-11-12/h4-7,9,11H,8,10H2,1-3H3,(H,24,28). The Labute approximate surface area is 177 Å². The van der Waals surface area contributed by atoms with Gasteiger partial charge in [0.1, 0.15) is 11.4 Å². The van der Waals surface area contributed by atoms with Crippen LogP contribution in [0.4, 0.5) is 4.79 Å². The number of amides is 1. The van der Waals surface area contributed by atoms with Crippen molar-refractivity contribution in [1.29, 1.82) is 0 Å². The topological polar surface area (TPSA) is 86.1 Å². The van der Waals surface area contributed by atoms with Crippen molar-refractivity contribution in [3.63, 3.8) is 0 Å². The van der Waals surface area contributed by atoms with E-state index in [9.17, 15) is 9.59 Å². The number of hydrogen-bond acceptors (Lipinski definition) is 5. The Kier molecular flexibility index (Phi) is 6.10. The molecule has 0 radical (unpaired) electrons. The molecule has 0 saturated heterocycles. The summed E-state index contributed by atoms with van der Waals surface area (Å²) in [6.07, 6.45) is 2.88. The van der Waals surface area contributed by atoms with Gasteiger partial charge in [-0.2, -0.15) is 0 Å². The molecule has 0 aliphatic carbocycles. The number of carbonyl (C=O) groups excluding carboxylic acids is 1. The number of nitrogens with zero attached hydrogens (tertiary/aromatic N) is 3. The number of rotatable bonds is 4. The minimum Gasteiger partial charge on any atom is -0.444 e. The maximum atomic E-state index is 13.2. The van der Waals surface area contributed by atoms with Gasteiger partial charge in [-0.15, -0.1) is 0 Å². The summed E-state index contributed by atoms with van der Waals surface area (Å²) in [5.41, 5.74) is -0.109. The average Bonchev–Trinajstić information content (AvgIpc) is 2.64. The van der Waals surface area contributed by atoms with Crippen LogP contribution in [-0.4, -0.2) is 32.8 Å². The van der Waals surface area contributed by atoms with Crippen molar-refractivity contribution in [2.45, 2.75) is 32.8 Å². The molecule has 3 rings (SSSR count). The molecular weight excluding hydrogens is 415 g/mol. The van der Waals surface area contributed by atoms with Crippen LogP contribution in [0.2, 0.25) is 10.0 Å². The Hall–Kier alpha value is -2.64. The Morgan fingerprint density at radius 1 is 1.21 bits per heavy atom. The van der Waals surface area contributed by atoms with Crippen molar-refractivity contribution in [2.24, 2.45) is 0 Å². The largest absolute Gasteiger partial charge is 0.444 e. The van der Waals surface area contributed by atoms with Crippen molar-refractivity contribution >= 4 is 40.2 Å². The summed E-state index contributed by atoms with van der Waals surface area (Å²) in [5, 5.41) is 3.48. The first-order valence-corrected chi connectivity index (χ1v) is 9.70. The third-order valence-electron chi connectivity index (χ3n) is 3.91. The van der Waals surface area contributed by atoms with E-state index >= 15 is 0 Å². The Balaban J connectivity index is 2.02. The number of halogens is 2. The van der Waals surface area contributed by atoms with E-state index in [1.54, 1.807) is 57.4 Å². The maximum absolute atomic E-state index is 13.2. The van der Waals surface area contributed by atoms with E-state index in [0.29, 0.717) is 22.1 Å². The van der Waals surface area contributed by atoms with Gasteiger partial charge in [0, 0.05) is 19.2 Å². The maximum Gasteiger partial charge on any atom is 0.407 e. The van der Waals surface area contributed by atoms with Crippen LogP contribution in [0.25, 0.3) is 16.6 Å². The highest BCUT2D eigenvalue weighted by atomic mass is 35.5. The molecule has 0 spiro atoms. The monoisotopic (exact) mass is 434 g/mol. The van der Waals surface area contributed by atoms with Gasteiger partial charge < -0.3 is 10.1 Å². The Bertz CT molecular complexity index is 1110. The van der Waals surface area contributed by atoms with E-state index < -0.39 is 11.7 Å². The molecule has 0 aliphatic rings. The lowest BCUT2D eigenvalue weighted by Gasteiger charge is -2.20. The quantitative estimate of drug-likeness (QED) is 0.665. The molecule has 152 valence electrons. The number of carbonyl (C=O) groups is 1. The SMILES string of the molecule is CC(C)(C)OC(=O)NCCc1nc2c(Cl)ccc(Cl)c2c(=O)n1-c1cccnc1. The molecule has 0 unspecified atom stereocenters. The van der Waals surface area contributed by atoms with Crippen molar-refractivity contribution in [1.82, 2.24) is 19.9 Å². The number of nitrogens with one attached hydrogen (secondary N) is 1. The van der Waals surface area contributed by atoms with Gasteiger partial charge in [0.2, 0.25) is 0 Å². The predicted octanol–water partition coefficient (Wildman–Crippen LogP) is 4.15. The highest BCUT2D eigenvalue weighted by molar-refractivity contribution is 6.39. The zero-order chi connectivity index (χ0) is 21.2. The van der Waals surface area contributed by atoms with Gasteiger partial charge in [0.05, 0.1) is 32.8 Å². The van der Waals surface area contributed by atoms with Crippen LogP contribution >= 0.6 is 23.2 Å². The lowest BCUT2D eigenvalue weighted by Crippen LogP contribution is -2.34. The van der Waals surface area contributed by atoms with E-state index in [0.717, 1.165) is 0 Å². The van der Waals surface area contributed by atoms with Gasteiger partial charge >= 0.3 is 6.09 Å². The third-order valence-corrected chi connectivity index (χ3v) is 4.53. The molecular formula is C20H20Cl2N4O3. The van der Waals surface area contributed by atoms with Crippen molar-refractivity contribution in [3.05, 3.63) is 62.9 Å². The number of hydrogen-bond donors (Lipinski definition) is 1. The minimum atomic E-state index is -0.604. The molecule has 1 amide bonds. The zero-order valence-corrected chi connectivity index (χ0v) is 17.7. The van der Waals surface area contributed by atoms with Crippen molar-refractivity contribution in [2.75, 3.05) is 6.54 Å². The second-order valence-corrected chi connectivity index (χ2v) is 8.13. The molecule has 0 bridgehead atoms. The molecule has 0 aliphatic heterocycles. The molecule has 9 heteroatoms. The van der Waals surface area contributed by atoms with Crippen LogP contribution in [0.15, 0.2) is 41.5 Å². The van der Waals surface area contributed by atoms with Gasteiger partial charge in [0.15, 0.2) is 0 Å². The van der Waals surface area contributed by atoms with E-state index in [1.807, 2.05) is 0 Å². The van der Waals surface area contributed by atoms with Crippen LogP contribution in [0, 0.1) is 0 Å². The van der Waals surface area contributed by atoms with Gasteiger partial charge in [-0.05, 0) is 45.0 Å². The van der Waals surface area contributed by atoms with Crippen LogP contribution in [0.1, 0.15) is 26.6 Å². The Morgan fingerprint density at radius 3 is 2.59 bits per heavy atom. The van der Waals surface area contributed by atoms with Crippen LogP contribution < -0.4 is 10.9 Å². The molecule has 0 saturated carbocycles. The highest BCUT2D eigenvalue weighted by Crippen LogP contribution is 2.26. The number of aromatic nitrogens is 3. The van der Waals surface area contributed by atoms with Gasteiger partial charge in [-0.25, -0.2) is 9.78 Å². The van der Waals surface area contributed by atoms with E-state index in [-0.39, 0.29) is 28.9 Å². The first-order valence-electron chi connectivity index (χ1n) is 8.94. The van der Waals surface area contributed by atoms with Crippen LogP contribution in [0.3, 0.4) is 0 Å². The Morgan fingerprint density at radius 2 is 1.93 bits per heavy atom. The van der Waals surface area contributed by atoms with Crippen molar-refractivity contribution < 1.29 is 9.53 Å². The van der Waals surface area contributed by atoms with E-state index in [1.165, 1.54) is 4.57 Å². The molecule has 1 N–H and O–H groups in total. The van der Waals surface area contributed by atoms with Gasteiger partial charge in [-0.1, -0.05) is 23.2 Å². The fourth-order valence-corrected chi connectivity index (χ4v) is 3.21. The summed E-state index contributed by atoms with van der Waals surface area (Å²) in [6.45, 7) is 5.56. The summed E-state index contributed by atoms with van der Waals surface area (Å²) >= 11 is 12.5. The second kappa shape index (κ2) is 8.39. The predicted molar refractivity (Wildman–Crippen MR) is 113 cm³/mol. The third kappa shape index (κ3) is 4.86. The van der Waals surface area contributed by atoms with Crippen molar-refractivity contribution in [3.8, 4) is 5.69 Å². The number of ether oxygens (including phenoxy) is 1. The molecule has 3 aromatic rings. The summed E-state index contributed by atoms with van der Waals surface area (Å²) in [7, 11) is 0. The smallest absolute Gasteiger partial charge is 0.407 e. The first kappa shape index (κ1) is 21.1. The number of alkyl carbamates (subject to hydrolysis) is 1. The number of fused-ring (bicyclic) bond motifs is 1. The average molecular weight is 435 g/mol. The molecule has 0 fully saturated rings. The van der Waals surface area contributed by atoms with Crippen LogP contribution in [-0.2, 0) is 11.2 Å². The first-order chi connectivity index (χ1) is 13.7. The van der Waals surface area contributed by atoms with E-state index in [4.69, 9.17) is 27.9 Å². The lowest BCUT2D eigenvalue weighted by atomic mass is 10.2. The fraction of sp³-hybridized carbons (Fsp3) is 0.300. The molecule has 2 heterocycles. The summed E-state index contributed by atoms with van der Waals surface area (Å²) in [5.74, 6) is 0.413. The second-order valence-electron chi connectivity index (χ2n) is 7.31. The molecule has 7 nitrogen and oxygen atoms in total. The number of pyridine rings is 1. The minimum absolute atomic E-state index is 0.214. The zero-order valence-electron chi connectivity index (χ0n) is 16.2. The summed E-state index contributed by atoms with van der Waals surface area (Å²) < 4.78 is 6.66.